The number of carbonyl (C=O) groups excluding carboxylic acids is 1. The average Bonchev–Trinajstić information content (AvgIpc) is 2.67. The van der Waals surface area contributed by atoms with Gasteiger partial charge in [0.15, 0.2) is 5.16 Å². The fourth-order valence-electron chi connectivity index (χ4n) is 2.47. The lowest BCUT2D eigenvalue weighted by Gasteiger charge is -2.12. The van der Waals surface area contributed by atoms with E-state index in [2.05, 4.69) is 15.3 Å². The summed E-state index contributed by atoms with van der Waals surface area (Å²) in [4.78, 5) is 32.8. The Hall–Kier alpha value is -2.51. The van der Waals surface area contributed by atoms with Crippen LogP contribution in [0.1, 0.15) is 18.2 Å². The number of aryl methyl sites for hydroxylation is 1. The molecule has 3 rings (SSSR count). The third-order valence-corrected chi connectivity index (χ3v) is 5.88. The molecule has 1 aromatic heterocycles. The van der Waals surface area contributed by atoms with Crippen LogP contribution >= 0.6 is 23.5 Å². The zero-order valence-corrected chi connectivity index (χ0v) is 17.3. The van der Waals surface area contributed by atoms with Crippen molar-refractivity contribution in [3.63, 3.8) is 0 Å². The van der Waals surface area contributed by atoms with Gasteiger partial charge in [-0.25, -0.2) is 4.98 Å². The fourth-order valence-corrected chi connectivity index (χ4v) is 4.12. The van der Waals surface area contributed by atoms with Gasteiger partial charge in [0.2, 0.25) is 5.91 Å². The molecule has 0 radical (unpaired) electrons. The van der Waals surface area contributed by atoms with Crippen LogP contribution in [0.25, 0.3) is 0 Å². The average molecular weight is 412 g/mol. The molecular formula is C21H21N3O2S2. The Labute approximate surface area is 172 Å². The van der Waals surface area contributed by atoms with Gasteiger partial charge in [0.05, 0.1) is 10.9 Å². The number of rotatable bonds is 7. The highest BCUT2D eigenvalue weighted by molar-refractivity contribution is 8.00. The summed E-state index contributed by atoms with van der Waals surface area (Å²) in [6, 6.07) is 19.1. The number of thioether (sulfide) groups is 2. The van der Waals surface area contributed by atoms with E-state index in [1.165, 1.54) is 17.8 Å². The van der Waals surface area contributed by atoms with Crippen LogP contribution in [-0.4, -0.2) is 21.1 Å². The Morgan fingerprint density at radius 3 is 2.68 bits per heavy atom. The van der Waals surface area contributed by atoms with E-state index in [1.807, 2.05) is 61.5 Å². The van der Waals surface area contributed by atoms with Crippen molar-refractivity contribution in [3.05, 3.63) is 82.3 Å². The minimum absolute atomic E-state index is 0.137. The second-order valence-corrected chi connectivity index (χ2v) is 8.64. The number of carbonyl (C=O) groups is 1. The standard InChI is InChI=1S/C21H21N3O2S2/c1-14-7-6-8-16(11-14)22-20(26)15(2)28-21-23-17(12-19(25)24-21)13-27-18-9-4-3-5-10-18/h3-12,15H,13H2,1-2H3,(H,22,26)(H,23,24,25). The van der Waals surface area contributed by atoms with E-state index in [0.29, 0.717) is 16.6 Å². The van der Waals surface area contributed by atoms with Crippen LogP contribution in [0.15, 0.2) is 75.5 Å². The van der Waals surface area contributed by atoms with Crippen molar-refractivity contribution in [2.45, 2.75) is 34.9 Å². The van der Waals surface area contributed by atoms with Crippen LogP contribution in [0, 0.1) is 6.92 Å². The van der Waals surface area contributed by atoms with Crippen molar-refractivity contribution in [2.24, 2.45) is 0 Å². The van der Waals surface area contributed by atoms with Crippen LogP contribution in [0.5, 0.6) is 0 Å². The van der Waals surface area contributed by atoms with Gasteiger partial charge in [0.1, 0.15) is 0 Å². The van der Waals surface area contributed by atoms with Gasteiger partial charge in [-0.1, -0.05) is 42.1 Å². The summed E-state index contributed by atoms with van der Waals surface area (Å²) < 4.78 is 0. The van der Waals surface area contributed by atoms with Crippen LogP contribution in [0.3, 0.4) is 0 Å². The summed E-state index contributed by atoms with van der Waals surface area (Å²) in [5, 5.41) is 2.94. The van der Waals surface area contributed by atoms with Crippen molar-refractivity contribution < 1.29 is 4.79 Å². The number of anilines is 1. The quantitative estimate of drug-likeness (QED) is 0.443. The first-order chi connectivity index (χ1) is 13.5. The number of aromatic amines is 1. The SMILES string of the molecule is Cc1cccc(NC(=O)C(C)Sc2nc(CSc3ccccc3)cc(=O)[nH]2)c1. The molecule has 0 aliphatic carbocycles. The Kier molecular flexibility index (Phi) is 6.95. The molecular weight excluding hydrogens is 390 g/mol. The Morgan fingerprint density at radius 2 is 1.93 bits per heavy atom. The lowest BCUT2D eigenvalue weighted by molar-refractivity contribution is -0.115. The van der Waals surface area contributed by atoms with E-state index in [0.717, 1.165) is 16.1 Å². The second kappa shape index (κ2) is 9.61. The van der Waals surface area contributed by atoms with E-state index in [4.69, 9.17) is 0 Å². The highest BCUT2D eigenvalue weighted by atomic mass is 32.2. The molecule has 2 N–H and O–H groups in total. The number of H-pyrrole nitrogens is 1. The van der Waals surface area contributed by atoms with Gasteiger partial charge in [-0.15, -0.1) is 11.8 Å². The highest BCUT2D eigenvalue weighted by Crippen LogP contribution is 2.24. The maximum Gasteiger partial charge on any atom is 0.251 e. The fraction of sp³-hybridized carbons (Fsp3) is 0.190. The minimum Gasteiger partial charge on any atom is -0.325 e. The molecule has 1 atom stereocenters. The number of amides is 1. The smallest absolute Gasteiger partial charge is 0.251 e. The maximum atomic E-state index is 12.5. The monoisotopic (exact) mass is 411 g/mol. The van der Waals surface area contributed by atoms with E-state index in [9.17, 15) is 9.59 Å². The molecule has 0 fully saturated rings. The zero-order chi connectivity index (χ0) is 19.9. The molecule has 0 aliphatic rings. The number of hydrogen-bond donors (Lipinski definition) is 2. The lowest BCUT2D eigenvalue weighted by Crippen LogP contribution is -2.23. The molecule has 0 saturated heterocycles. The van der Waals surface area contributed by atoms with E-state index < -0.39 is 5.25 Å². The van der Waals surface area contributed by atoms with Gasteiger partial charge in [-0.3, -0.25) is 9.59 Å². The zero-order valence-electron chi connectivity index (χ0n) is 15.6. The molecule has 0 saturated carbocycles. The molecule has 28 heavy (non-hydrogen) atoms. The highest BCUT2D eigenvalue weighted by Gasteiger charge is 2.16. The van der Waals surface area contributed by atoms with Crippen LogP contribution in [0.2, 0.25) is 0 Å². The van der Waals surface area contributed by atoms with Gasteiger partial charge in [-0.2, -0.15) is 0 Å². The molecule has 1 unspecified atom stereocenters. The lowest BCUT2D eigenvalue weighted by atomic mass is 10.2. The summed E-state index contributed by atoms with van der Waals surface area (Å²) in [6.07, 6.45) is 0. The number of nitrogens with zero attached hydrogens (tertiary/aromatic N) is 1. The molecule has 3 aromatic rings. The summed E-state index contributed by atoms with van der Waals surface area (Å²) in [5.41, 5.74) is 2.30. The molecule has 2 aromatic carbocycles. The topological polar surface area (TPSA) is 74.8 Å². The summed E-state index contributed by atoms with van der Waals surface area (Å²) in [6.45, 7) is 3.77. The molecule has 1 amide bonds. The van der Waals surface area contributed by atoms with Crippen LogP contribution in [-0.2, 0) is 10.5 Å². The van der Waals surface area contributed by atoms with Gasteiger partial charge < -0.3 is 10.3 Å². The maximum absolute atomic E-state index is 12.5. The van der Waals surface area contributed by atoms with Crippen molar-refractivity contribution in [3.8, 4) is 0 Å². The molecule has 0 spiro atoms. The first-order valence-corrected chi connectivity index (χ1v) is 10.7. The molecule has 0 aliphatic heterocycles. The molecule has 5 nitrogen and oxygen atoms in total. The Balaban J connectivity index is 1.63. The first-order valence-electron chi connectivity index (χ1n) is 8.82. The molecule has 0 bridgehead atoms. The number of aromatic nitrogens is 2. The molecule has 7 heteroatoms. The van der Waals surface area contributed by atoms with Gasteiger partial charge in [0.25, 0.3) is 5.56 Å². The Bertz CT molecular complexity index is 1010. The van der Waals surface area contributed by atoms with Crippen LogP contribution < -0.4 is 10.9 Å². The third kappa shape index (κ3) is 6.00. The summed E-state index contributed by atoms with van der Waals surface area (Å²) in [7, 11) is 0. The van der Waals surface area contributed by atoms with Crippen LogP contribution in [0.4, 0.5) is 5.69 Å². The number of hydrogen-bond acceptors (Lipinski definition) is 5. The summed E-state index contributed by atoms with van der Waals surface area (Å²) in [5.74, 6) is 0.452. The third-order valence-electron chi connectivity index (χ3n) is 3.85. The van der Waals surface area contributed by atoms with Gasteiger partial charge >= 0.3 is 0 Å². The Morgan fingerprint density at radius 1 is 1.14 bits per heavy atom. The minimum atomic E-state index is -0.402. The van der Waals surface area contributed by atoms with Crippen molar-refractivity contribution >= 4 is 35.1 Å². The molecule has 1 heterocycles. The molecule has 144 valence electrons. The number of nitrogens with one attached hydrogen (secondary N) is 2. The summed E-state index contributed by atoms with van der Waals surface area (Å²) >= 11 is 2.85. The predicted molar refractivity (Wildman–Crippen MR) is 116 cm³/mol. The van der Waals surface area contributed by atoms with Gasteiger partial charge in [-0.05, 0) is 43.7 Å². The number of benzene rings is 2. The normalized spacial score (nSPS) is 11.8. The largest absolute Gasteiger partial charge is 0.325 e. The van der Waals surface area contributed by atoms with Gasteiger partial charge in [0, 0.05) is 22.4 Å². The second-order valence-electron chi connectivity index (χ2n) is 6.26. The van der Waals surface area contributed by atoms with Crippen molar-refractivity contribution in [1.29, 1.82) is 0 Å². The van der Waals surface area contributed by atoms with Crippen molar-refractivity contribution in [1.82, 2.24) is 9.97 Å². The van der Waals surface area contributed by atoms with E-state index in [-0.39, 0.29) is 11.5 Å². The first kappa shape index (κ1) is 20.2. The van der Waals surface area contributed by atoms with E-state index in [1.54, 1.807) is 18.7 Å². The van der Waals surface area contributed by atoms with E-state index >= 15 is 0 Å². The predicted octanol–water partition coefficient (Wildman–Crippen LogP) is 4.49. The van der Waals surface area contributed by atoms with Crippen molar-refractivity contribution in [2.75, 3.05) is 5.32 Å².